The summed E-state index contributed by atoms with van der Waals surface area (Å²) in [4.78, 5) is 31.6. The molecule has 0 radical (unpaired) electrons. The highest BCUT2D eigenvalue weighted by Crippen LogP contribution is 2.41. The molecule has 0 saturated heterocycles. The molecule has 6 nitrogen and oxygen atoms in total. The molecule has 31 heavy (non-hydrogen) atoms. The van der Waals surface area contributed by atoms with E-state index in [0.717, 1.165) is 56.3 Å². The maximum absolute atomic E-state index is 12.5. The number of allylic oxidation sites excluding steroid dienone is 1. The second kappa shape index (κ2) is 9.08. The molecule has 0 unspecified atom stereocenters. The van der Waals surface area contributed by atoms with Gasteiger partial charge in [0, 0.05) is 59.8 Å². The predicted octanol–water partition coefficient (Wildman–Crippen LogP) is 5.17. The fraction of sp³-hybridized carbons (Fsp3) is 0.261. The number of nitrogens with one attached hydrogen (secondary N) is 1. The summed E-state index contributed by atoms with van der Waals surface area (Å²) in [5, 5.41) is 4.27. The van der Waals surface area contributed by atoms with Crippen LogP contribution in [-0.4, -0.2) is 47.7 Å². The highest BCUT2D eigenvalue weighted by Gasteiger charge is 2.19. The van der Waals surface area contributed by atoms with Crippen LogP contribution in [0, 0.1) is 0 Å². The molecule has 4 rings (SSSR count). The van der Waals surface area contributed by atoms with Gasteiger partial charge in [0.2, 0.25) is 0 Å². The van der Waals surface area contributed by atoms with Gasteiger partial charge in [-0.15, -0.1) is 11.3 Å². The van der Waals surface area contributed by atoms with E-state index < -0.39 is 0 Å². The van der Waals surface area contributed by atoms with E-state index in [1.807, 2.05) is 30.5 Å². The average Bonchev–Trinajstić information content (AvgIpc) is 3.18. The maximum Gasteiger partial charge on any atom is 0.323 e. The summed E-state index contributed by atoms with van der Waals surface area (Å²) in [6.45, 7) is 1.40. The molecule has 0 atom stereocenters. The highest BCUT2D eigenvalue weighted by atomic mass is 35.5. The lowest BCUT2D eigenvalue weighted by molar-refractivity contribution is -0.104. The molecule has 160 valence electrons. The molecule has 1 aliphatic rings. The van der Waals surface area contributed by atoms with Crippen LogP contribution in [-0.2, 0) is 17.8 Å². The minimum absolute atomic E-state index is 0.197. The fourth-order valence-corrected chi connectivity index (χ4v) is 5.29. The van der Waals surface area contributed by atoms with Crippen LogP contribution in [0.5, 0.6) is 0 Å². The Morgan fingerprint density at radius 1 is 1.29 bits per heavy atom. The number of fused-ring (bicyclic) bond motifs is 2. The van der Waals surface area contributed by atoms with E-state index in [2.05, 4.69) is 10.3 Å². The van der Waals surface area contributed by atoms with Crippen LogP contribution in [0.1, 0.15) is 16.9 Å². The van der Waals surface area contributed by atoms with Crippen LogP contribution in [0.2, 0.25) is 5.02 Å². The molecule has 0 bridgehead atoms. The normalized spacial score (nSPS) is 13.1. The van der Waals surface area contributed by atoms with Gasteiger partial charge in [-0.2, -0.15) is 0 Å². The van der Waals surface area contributed by atoms with E-state index in [4.69, 9.17) is 11.6 Å². The molecule has 3 heterocycles. The Hall–Kier alpha value is -2.90. The first-order valence-electron chi connectivity index (χ1n) is 10.0. The van der Waals surface area contributed by atoms with Crippen LogP contribution < -0.4 is 5.32 Å². The van der Waals surface area contributed by atoms with Gasteiger partial charge in [0.25, 0.3) is 0 Å². The first-order valence-corrected chi connectivity index (χ1v) is 11.2. The van der Waals surface area contributed by atoms with Crippen molar-refractivity contribution in [2.45, 2.75) is 19.4 Å². The smallest absolute Gasteiger partial charge is 0.323 e. The first kappa shape index (κ1) is 21.3. The number of aromatic nitrogens is 1. The zero-order chi connectivity index (χ0) is 22.0. The monoisotopic (exact) mass is 454 g/mol. The van der Waals surface area contributed by atoms with E-state index in [0.29, 0.717) is 12.8 Å². The summed E-state index contributed by atoms with van der Waals surface area (Å²) in [5.41, 5.74) is 5.47. The number of thiophene rings is 1. The molecule has 0 fully saturated rings. The Balaban J connectivity index is 1.67. The molecule has 8 heteroatoms. The van der Waals surface area contributed by atoms with Crippen molar-refractivity contribution in [1.82, 2.24) is 14.8 Å². The largest absolute Gasteiger partial charge is 0.384 e. The van der Waals surface area contributed by atoms with Gasteiger partial charge >= 0.3 is 6.03 Å². The Morgan fingerprint density at radius 3 is 2.94 bits per heavy atom. The van der Waals surface area contributed by atoms with E-state index >= 15 is 0 Å². The van der Waals surface area contributed by atoms with E-state index in [9.17, 15) is 9.59 Å². The van der Waals surface area contributed by atoms with Crippen molar-refractivity contribution in [1.29, 1.82) is 0 Å². The predicted molar refractivity (Wildman–Crippen MR) is 127 cm³/mol. The molecule has 0 spiro atoms. The SMILES string of the molecule is CN(/C=C\C=O)C(=O)N(C)Cc1cc2nccc(-c3cc(Cl)cc4c3NCCC4)c2s1. The number of benzene rings is 1. The fourth-order valence-electron chi connectivity index (χ4n) is 3.85. The lowest BCUT2D eigenvalue weighted by Crippen LogP contribution is -2.35. The summed E-state index contributed by atoms with van der Waals surface area (Å²) >= 11 is 8.07. The zero-order valence-electron chi connectivity index (χ0n) is 17.4. The van der Waals surface area contributed by atoms with Crippen molar-refractivity contribution >= 4 is 51.2 Å². The zero-order valence-corrected chi connectivity index (χ0v) is 19.0. The molecule has 2 aromatic heterocycles. The maximum atomic E-state index is 12.5. The van der Waals surface area contributed by atoms with Crippen molar-refractivity contribution in [3.63, 3.8) is 0 Å². The Bertz CT molecular complexity index is 1170. The summed E-state index contributed by atoms with van der Waals surface area (Å²) in [5.74, 6) is 0. The van der Waals surface area contributed by atoms with Crippen molar-refractivity contribution in [3.8, 4) is 11.1 Å². The molecule has 1 N–H and O–H groups in total. The number of anilines is 1. The molecular formula is C23H23ClN4O2S. The van der Waals surface area contributed by atoms with Crippen LogP contribution in [0.4, 0.5) is 10.5 Å². The number of nitrogens with zero attached hydrogens (tertiary/aromatic N) is 3. The second-order valence-corrected chi connectivity index (χ2v) is 9.10. The van der Waals surface area contributed by atoms with Gasteiger partial charge in [0.15, 0.2) is 0 Å². The van der Waals surface area contributed by atoms with E-state index in [1.165, 1.54) is 22.7 Å². The summed E-state index contributed by atoms with van der Waals surface area (Å²) in [7, 11) is 3.36. The molecule has 1 aliphatic heterocycles. The van der Waals surface area contributed by atoms with Gasteiger partial charge in [-0.1, -0.05) is 11.6 Å². The van der Waals surface area contributed by atoms with Gasteiger partial charge in [-0.05, 0) is 48.7 Å². The number of halogens is 1. The minimum atomic E-state index is -0.197. The van der Waals surface area contributed by atoms with Crippen LogP contribution in [0.3, 0.4) is 0 Å². The Labute approximate surface area is 190 Å². The van der Waals surface area contributed by atoms with Crippen molar-refractivity contribution < 1.29 is 9.59 Å². The summed E-state index contributed by atoms with van der Waals surface area (Å²) in [6, 6.07) is 7.91. The third kappa shape index (κ3) is 4.43. The standard InChI is InChI=1S/C23H23ClN4O2S/c1-27(9-4-10-29)23(30)28(2)14-17-13-20-22(31-17)18(6-8-25-20)19-12-16(24)11-15-5-3-7-26-21(15)19/h4,6,8-13,26H,3,5,7,14H2,1-2H3/b9-4-. The van der Waals surface area contributed by atoms with Gasteiger partial charge in [-0.3, -0.25) is 9.78 Å². The Morgan fingerprint density at radius 2 is 2.13 bits per heavy atom. The average molecular weight is 455 g/mol. The quantitative estimate of drug-likeness (QED) is 0.426. The summed E-state index contributed by atoms with van der Waals surface area (Å²) < 4.78 is 1.07. The Kier molecular flexibility index (Phi) is 6.25. The number of pyridine rings is 1. The number of carbonyl (C=O) groups is 2. The molecule has 2 amide bonds. The molecule has 0 aliphatic carbocycles. The van der Waals surface area contributed by atoms with Crippen LogP contribution in [0.15, 0.2) is 42.7 Å². The van der Waals surface area contributed by atoms with E-state index in [1.54, 1.807) is 30.3 Å². The first-order chi connectivity index (χ1) is 15.0. The van der Waals surface area contributed by atoms with E-state index in [-0.39, 0.29) is 6.03 Å². The third-order valence-electron chi connectivity index (χ3n) is 5.27. The number of rotatable bonds is 5. The lowest BCUT2D eigenvalue weighted by Gasteiger charge is -2.22. The molecular weight excluding hydrogens is 432 g/mol. The van der Waals surface area contributed by atoms with Gasteiger partial charge in [0.1, 0.15) is 6.29 Å². The van der Waals surface area contributed by atoms with Crippen molar-refractivity contribution in [3.05, 3.63) is 58.2 Å². The molecule has 1 aromatic carbocycles. The van der Waals surface area contributed by atoms with Crippen molar-refractivity contribution in [2.24, 2.45) is 0 Å². The van der Waals surface area contributed by atoms with Gasteiger partial charge < -0.3 is 15.1 Å². The third-order valence-corrected chi connectivity index (χ3v) is 6.63. The number of urea groups is 1. The lowest BCUT2D eigenvalue weighted by atomic mass is 9.95. The van der Waals surface area contributed by atoms with Crippen molar-refractivity contribution in [2.75, 3.05) is 26.0 Å². The minimum Gasteiger partial charge on any atom is -0.384 e. The molecule has 0 saturated carbocycles. The summed E-state index contributed by atoms with van der Waals surface area (Å²) in [6.07, 6.45) is 7.31. The number of amides is 2. The highest BCUT2D eigenvalue weighted by molar-refractivity contribution is 7.19. The number of aryl methyl sites for hydroxylation is 1. The van der Waals surface area contributed by atoms with Gasteiger partial charge in [0.05, 0.1) is 16.8 Å². The number of aldehydes is 1. The second-order valence-electron chi connectivity index (χ2n) is 7.53. The number of hydrogen-bond donors (Lipinski definition) is 1. The van der Waals surface area contributed by atoms with Crippen LogP contribution in [0.25, 0.3) is 21.3 Å². The topological polar surface area (TPSA) is 65.5 Å². The number of hydrogen-bond acceptors (Lipinski definition) is 5. The molecule has 3 aromatic rings. The van der Waals surface area contributed by atoms with Gasteiger partial charge in [-0.25, -0.2) is 4.79 Å². The number of carbonyl (C=O) groups excluding carboxylic acids is 2. The van der Waals surface area contributed by atoms with Crippen LogP contribution >= 0.6 is 22.9 Å².